The van der Waals surface area contributed by atoms with Crippen LogP contribution in [-0.4, -0.2) is 10.5 Å². The van der Waals surface area contributed by atoms with Gasteiger partial charge in [0, 0.05) is 41.5 Å². The first-order chi connectivity index (χ1) is 14.0. The van der Waals surface area contributed by atoms with Gasteiger partial charge in [-0.25, -0.2) is 0 Å². The fraction of sp³-hybridized carbons (Fsp3) is 0.125. The molecule has 29 heavy (non-hydrogen) atoms. The van der Waals surface area contributed by atoms with Crippen LogP contribution in [0.4, 0.5) is 0 Å². The molecule has 0 saturated carbocycles. The van der Waals surface area contributed by atoms with Gasteiger partial charge in [-0.05, 0) is 53.6 Å². The Morgan fingerprint density at radius 1 is 1.03 bits per heavy atom. The van der Waals surface area contributed by atoms with Gasteiger partial charge in [0.1, 0.15) is 11.5 Å². The lowest BCUT2D eigenvalue weighted by Gasteiger charge is -2.17. The Labute approximate surface area is 174 Å². The number of ether oxygens (including phenoxy) is 1. The van der Waals surface area contributed by atoms with Gasteiger partial charge >= 0.3 is 0 Å². The minimum Gasteiger partial charge on any atom is -0.457 e. The zero-order valence-corrected chi connectivity index (χ0v) is 16.8. The SMILES string of the molecule is Cn1cc(C(CC(N)=O)c2cccc(Oc3ccc(Cl)cc3)c2)c2ccccc21. The first kappa shape index (κ1) is 19.1. The number of hydrogen-bond donors (Lipinski definition) is 1. The van der Waals surface area contributed by atoms with Crippen LogP contribution in [0.2, 0.25) is 5.02 Å². The van der Waals surface area contributed by atoms with Crippen molar-refractivity contribution < 1.29 is 9.53 Å². The molecule has 0 bridgehead atoms. The summed E-state index contributed by atoms with van der Waals surface area (Å²) in [4.78, 5) is 11.9. The number of carbonyl (C=O) groups excluding carboxylic acids is 1. The number of carbonyl (C=O) groups is 1. The summed E-state index contributed by atoms with van der Waals surface area (Å²) in [6.45, 7) is 0. The predicted octanol–water partition coefficient (Wildman–Crippen LogP) is 5.63. The Bertz CT molecular complexity index is 1170. The summed E-state index contributed by atoms with van der Waals surface area (Å²) >= 11 is 5.95. The number of aromatic nitrogens is 1. The molecular weight excluding hydrogens is 384 g/mol. The van der Waals surface area contributed by atoms with Crippen molar-refractivity contribution in [2.45, 2.75) is 12.3 Å². The van der Waals surface area contributed by atoms with E-state index in [1.165, 1.54) is 0 Å². The van der Waals surface area contributed by atoms with Crippen LogP contribution >= 0.6 is 11.6 Å². The number of primary amides is 1. The van der Waals surface area contributed by atoms with Gasteiger partial charge in [-0.2, -0.15) is 0 Å². The number of rotatable bonds is 6. The topological polar surface area (TPSA) is 57.2 Å². The standard InChI is InChI=1S/C24H21ClN2O2/c1-27-15-22(20-7-2-3-8-23(20)27)21(14-24(26)28)16-5-4-6-19(13-16)29-18-11-9-17(25)10-12-18/h2-13,15,21H,14H2,1H3,(H2,26,28). The first-order valence-electron chi connectivity index (χ1n) is 9.37. The quantitative estimate of drug-likeness (QED) is 0.452. The van der Waals surface area contributed by atoms with Crippen molar-refractivity contribution in [3.8, 4) is 11.5 Å². The minimum atomic E-state index is -0.341. The highest BCUT2D eigenvalue weighted by atomic mass is 35.5. The molecule has 4 nitrogen and oxygen atoms in total. The van der Waals surface area contributed by atoms with Crippen molar-refractivity contribution in [1.29, 1.82) is 0 Å². The van der Waals surface area contributed by atoms with E-state index in [9.17, 15) is 4.79 Å². The zero-order valence-electron chi connectivity index (χ0n) is 16.0. The summed E-state index contributed by atoms with van der Waals surface area (Å²) in [6, 6.07) is 23.2. The van der Waals surface area contributed by atoms with E-state index in [1.54, 1.807) is 12.1 Å². The summed E-state index contributed by atoms with van der Waals surface area (Å²) in [7, 11) is 2.01. The van der Waals surface area contributed by atoms with Crippen LogP contribution in [0.25, 0.3) is 10.9 Å². The lowest BCUT2D eigenvalue weighted by atomic mass is 9.88. The molecule has 0 saturated heterocycles. The number of halogens is 1. The van der Waals surface area contributed by atoms with Crippen LogP contribution in [0.1, 0.15) is 23.5 Å². The molecule has 0 aliphatic carbocycles. The van der Waals surface area contributed by atoms with E-state index in [2.05, 4.69) is 22.9 Å². The van der Waals surface area contributed by atoms with Crippen LogP contribution in [0.15, 0.2) is 79.0 Å². The lowest BCUT2D eigenvalue weighted by Crippen LogP contribution is -2.16. The lowest BCUT2D eigenvalue weighted by molar-refractivity contribution is -0.118. The zero-order chi connectivity index (χ0) is 20.4. The molecule has 0 aliphatic rings. The van der Waals surface area contributed by atoms with Crippen molar-refractivity contribution in [3.05, 3.63) is 95.1 Å². The molecule has 0 radical (unpaired) electrons. The Hall–Kier alpha value is -3.24. The van der Waals surface area contributed by atoms with Crippen molar-refractivity contribution in [2.75, 3.05) is 0 Å². The molecule has 1 unspecified atom stereocenters. The van der Waals surface area contributed by atoms with Crippen molar-refractivity contribution in [3.63, 3.8) is 0 Å². The molecule has 146 valence electrons. The normalized spacial score (nSPS) is 12.1. The largest absolute Gasteiger partial charge is 0.457 e. The Balaban J connectivity index is 1.74. The molecule has 1 atom stereocenters. The number of benzene rings is 3. The molecule has 1 amide bonds. The van der Waals surface area contributed by atoms with Crippen LogP contribution in [0.3, 0.4) is 0 Å². The van der Waals surface area contributed by atoms with E-state index in [1.807, 2.05) is 55.6 Å². The van der Waals surface area contributed by atoms with Crippen LogP contribution in [0, 0.1) is 0 Å². The Morgan fingerprint density at radius 2 is 1.79 bits per heavy atom. The van der Waals surface area contributed by atoms with Gasteiger partial charge in [0.05, 0.1) is 0 Å². The molecule has 0 aliphatic heterocycles. The van der Waals surface area contributed by atoms with Gasteiger partial charge in [0.25, 0.3) is 0 Å². The highest BCUT2D eigenvalue weighted by Crippen LogP contribution is 2.36. The number of aryl methyl sites for hydroxylation is 1. The molecule has 4 rings (SSSR count). The number of amides is 1. The van der Waals surface area contributed by atoms with Gasteiger partial charge in [0.2, 0.25) is 5.91 Å². The molecule has 3 aromatic carbocycles. The first-order valence-corrected chi connectivity index (χ1v) is 9.74. The van der Waals surface area contributed by atoms with E-state index in [0.29, 0.717) is 16.5 Å². The van der Waals surface area contributed by atoms with Crippen molar-refractivity contribution in [2.24, 2.45) is 12.8 Å². The summed E-state index contributed by atoms with van der Waals surface area (Å²) < 4.78 is 8.05. The van der Waals surface area contributed by atoms with Crippen molar-refractivity contribution in [1.82, 2.24) is 4.57 Å². The van der Waals surface area contributed by atoms with Gasteiger partial charge in [-0.1, -0.05) is 41.9 Å². The van der Waals surface area contributed by atoms with Crippen LogP contribution < -0.4 is 10.5 Å². The van der Waals surface area contributed by atoms with E-state index in [-0.39, 0.29) is 18.2 Å². The average molecular weight is 405 g/mol. The second-order valence-corrected chi connectivity index (χ2v) is 7.50. The summed E-state index contributed by atoms with van der Waals surface area (Å²) in [5.41, 5.74) is 8.77. The molecule has 0 fully saturated rings. The predicted molar refractivity (Wildman–Crippen MR) is 117 cm³/mol. The summed E-state index contributed by atoms with van der Waals surface area (Å²) in [5.74, 6) is 0.891. The molecule has 4 aromatic rings. The number of nitrogens with zero attached hydrogens (tertiary/aromatic N) is 1. The number of fused-ring (bicyclic) bond motifs is 1. The Kier molecular flexibility index (Phi) is 5.28. The highest BCUT2D eigenvalue weighted by molar-refractivity contribution is 6.30. The second-order valence-electron chi connectivity index (χ2n) is 7.06. The maximum absolute atomic E-state index is 11.9. The molecule has 0 spiro atoms. The number of para-hydroxylation sites is 1. The second kappa shape index (κ2) is 8.02. The van der Waals surface area contributed by atoms with Gasteiger partial charge in [-0.3, -0.25) is 4.79 Å². The number of hydrogen-bond acceptors (Lipinski definition) is 2. The van der Waals surface area contributed by atoms with Crippen LogP contribution in [-0.2, 0) is 11.8 Å². The van der Waals surface area contributed by atoms with Gasteiger partial charge in [-0.15, -0.1) is 0 Å². The fourth-order valence-corrected chi connectivity index (χ4v) is 3.82. The molecule has 1 heterocycles. The Morgan fingerprint density at radius 3 is 2.55 bits per heavy atom. The molecule has 1 aromatic heterocycles. The third kappa shape index (κ3) is 4.13. The average Bonchev–Trinajstić information content (AvgIpc) is 3.05. The summed E-state index contributed by atoms with van der Waals surface area (Å²) in [6.07, 6.45) is 2.30. The monoisotopic (exact) mass is 404 g/mol. The third-order valence-electron chi connectivity index (χ3n) is 5.02. The fourth-order valence-electron chi connectivity index (χ4n) is 3.69. The molecule has 5 heteroatoms. The van der Waals surface area contributed by atoms with Gasteiger partial charge in [0.15, 0.2) is 0 Å². The highest BCUT2D eigenvalue weighted by Gasteiger charge is 2.21. The minimum absolute atomic E-state index is 0.160. The maximum atomic E-state index is 11.9. The summed E-state index contributed by atoms with van der Waals surface area (Å²) in [5, 5.41) is 1.77. The van der Waals surface area contributed by atoms with Crippen molar-refractivity contribution >= 4 is 28.4 Å². The van der Waals surface area contributed by atoms with E-state index < -0.39 is 0 Å². The maximum Gasteiger partial charge on any atom is 0.218 e. The molecular formula is C24H21ClN2O2. The third-order valence-corrected chi connectivity index (χ3v) is 5.27. The van der Waals surface area contributed by atoms with Gasteiger partial charge < -0.3 is 15.0 Å². The van der Waals surface area contributed by atoms with E-state index in [4.69, 9.17) is 22.1 Å². The van der Waals surface area contributed by atoms with Crippen LogP contribution in [0.5, 0.6) is 11.5 Å². The number of nitrogens with two attached hydrogens (primary N) is 1. The molecule has 2 N–H and O–H groups in total. The smallest absolute Gasteiger partial charge is 0.218 e. The van der Waals surface area contributed by atoms with E-state index in [0.717, 1.165) is 22.0 Å². The van der Waals surface area contributed by atoms with E-state index >= 15 is 0 Å².